The molecule has 266 valence electrons. The second kappa shape index (κ2) is 15.6. The van der Waals surface area contributed by atoms with Gasteiger partial charge < -0.3 is 35.8 Å². The minimum Gasteiger partial charge on any atom is -0.391 e. The van der Waals surface area contributed by atoms with Crippen LogP contribution in [0.15, 0.2) is 91.1 Å². The lowest BCUT2D eigenvalue weighted by molar-refractivity contribution is -0.142. The van der Waals surface area contributed by atoms with Crippen molar-refractivity contribution in [1.29, 1.82) is 0 Å². The third kappa shape index (κ3) is 8.29. The molecule has 0 spiro atoms. The third-order valence-electron chi connectivity index (χ3n) is 9.81. The van der Waals surface area contributed by atoms with Gasteiger partial charge in [-0.25, -0.2) is 0 Å². The molecule has 1 aromatic heterocycles. The zero-order valence-electron chi connectivity index (χ0n) is 28.7. The van der Waals surface area contributed by atoms with E-state index < -0.39 is 53.9 Å². The van der Waals surface area contributed by atoms with Crippen molar-refractivity contribution < 1.29 is 29.1 Å². The second-order valence-corrected chi connectivity index (χ2v) is 13.6. The van der Waals surface area contributed by atoms with Crippen LogP contribution >= 0.6 is 0 Å². The molecule has 5 amide bonds. The number of aliphatic hydroxyl groups excluding tert-OH is 1. The van der Waals surface area contributed by atoms with Gasteiger partial charge in [-0.05, 0) is 35.6 Å². The molecule has 2 saturated heterocycles. The van der Waals surface area contributed by atoms with E-state index >= 15 is 0 Å². The van der Waals surface area contributed by atoms with Crippen LogP contribution in [0, 0.1) is 0 Å². The predicted molar refractivity (Wildman–Crippen MR) is 191 cm³/mol. The Morgan fingerprint density at radius 1 is 0.863 bits per heavy atom. The number of carbonyl (C=O) groups excluding carboxylic acids is 5. The first-order chi connectivity index (χ1) is 24.6. The van der Waals surface area contributed by atoms with Gasteiger partial charge in [-0.15, -0.1) is 0 Å². The summed E-state index contributed by atoms with van der Waals surface area (Å²) in [4.78, 5) is 75.5. The van der Waals surface area contributed by atoms with Crippen molar-refractivity contribution in [3.8, 4) is 0 Å². The molecule has 0 bridgehead atoms. The summed E-state index contributed by atoms with van der Waals surface area (Å²) in [6, 6.07) is 22.4. The smallest absolute Gasteiger partial charge is 0.246 e. The Bertz CT molecular complexity index is 1880. The minimum absolute atomic E-state index is 0.0197. The number of amides is 5. The second-order valence-electron chi connectivity index (χ2n) is 13.6. The van der Waals surface area contributed by atoms with E-state index in [-0.39, 0.29) is 50.7 Å². The Balaban J connectivity index is 1.36. The number of carbonyl (C=O) groups is 5. The molecule has 0 saturated carbocycles. The fourth-order valence-corrected chi connectivity index (χ4v) is 7.00. The van der Waals surface area contributed by atoms with Crippen LogP contribution < -0.4 is 16.0 Å². The third-order valence-corrected chi connectivity index (χ3v) is 9.81. The van der Waals surface area contributed by atoms with Gasteiger partial charge in [-0.3, -0.25) is 24.0 Å². The van der Waals surface area contributed by atoms with E-state index in [1.165, 1.54) is 9.80 Å². The van der Waals surface area contributed by atoms with Crippen LogP contribution in [0.5, 0.6) is 0 Å². The summed E-state index contributed by atoms with van der Waals surface area (Å²) in [6.45, 7) is 2.96. The van der Waals surface area contributed by atoms with Crippen molar-refractivity contribution in [3.05, 3.63) is 108 Å². The highest BCUT2D eigenvalue weighted by atomic mass is 16.3. The highest BCUT2D eigenvalue weighted by Gasteiger charge is 2.42. The standard InChI is InChI=1S/C39H44N6O6/c1-24(26-11-5-3-6-12-26)17-36(48)44-22-33(27-13-7-4-8-14-27)43-37(49)25(2)41-38(50)34-19-29(46)21-45(34)39(51)32(42-35(47)23-44)18-28-20-40-31-16-10-9-15-30(28)31/h3-16,20,24-25,29,32-34,40,46H,17-19,21-23H2,1-2H3,(H,41,50)(H,42,47)(H,43,49)/t24-,25-,29+,32+,33-,34-/m0/s1. The molecule has 6 atom stereocenters. The van der Waals surface area contributed by atoms with Crippen LogP contribution in [0.2, 0.25) is 0 Å². The van der Waals surface area contributed by atoms with Crippen molar-refractivity contribution in [2.24, 2.45) is 0 Å². The molecule has 3 aromatic carbocycles. The summed E-state index contributed by atoms with van der Waals surface area (Å²) in [6.07, 6.45) is 0.988. The zero-order valence-corrected chi connectivity index (χ0v) is 28.7. The SMILES string of the molecule is C[C@@H]1NC(=O)[C@@H]2C[C@@H](O)CN2C(=O)[C@@H](Cc2c[nH]c3ccccc23)NC(=O)CN(C(=O)C[C@H](C)c2ccccc2)C[C@@H](c2ccccc2)NC1=O. The average molecular weight is 693 g/mol. The molecular formula is C39H44N6O6. The Hall–Kier alpha value is -5.49. The van der Waals surface area contributed by atoms with Gasteiger partial charge in [0.15, 0.2) is 0 Å². The number of nitrogens with one attached hydrogen (secondary N) is 4. The van der Waals surface area contributed by atoms with Gasteiger partial charge in [0.1, 0.15) is 18.1 Å². The normalized spacial score (nSPS) is 24.2. The van der Waals surface area contributed by atoms with Crippen LogP contribution in [0.3, 0.4) is 0 Å². The minimum atomic E-state index is -1.12. The summed E-state index contributed by atoms with van der Waals surface area (Å²) in [7, 11) is 0. The van der Waals surface area contributed by atoms with E-state index in [0.717, 1.165) is 22.0 Å². The molecule has 0 aliphatic carbocycles. The van der Waals surface area contributed by atoms with E-state index in [1.807, 2.05) is 91.9 Å². The molecule has 2 aliphatic heterocycles. The van der Waals surface area contributed by atoms with Crippen molar-refractivity contribution in [3.63, 3.8) is 0 Å². The highest BCUT2D eigenvalue weighted by molar-refractivity contribution is 5.96. The Morgan fingerprint density at radius 3 is 2.29 bits per heavy atom. The summed E-state index contributed by atoms with van der Waals surface area (Å²) < 4.78 is 0. The number of aliphatic hydroxyl groups is 1. The number of nitrogens with zero attached hydrogens (tertiary/aromatic N) is 2. The zero-order chi connectivity index (χ0) is 36.1. The quantitative estimate of drug-likeness (QED) is 0.209. The van der Waals surface area contributed by atoms with E-state index in [1.54, 1.807) is 13.1 Å². The first-order valence-electron chi connectivity index (χ1n) is 17.4. The topological polar surface area (TPSA) is 164 Å². The number of para-hydroxylation sites is 1. The number of rotatable bonds is 6. The molecule has 0 radical (unpaired) electrons. The Labute approximate surface area is 296 Å². The van der Waals surface area contributed by atoms with Gasteiger partial charge in [0.05, 0.1) is 18.7 Å². The summed E-state index contributed by atoms with van der Waals surface area (Å²) in [5, 5.41) is 20.1. The number of aromatic amines is 1. The van der Waals surface area contributed by atoms with Crippen LogP contribution in [0.25, 0.3) is 10.9 Å². The lowest BCUT2D eigenvalue weighted by Gasteiger charge is -2.30. The van der Waals surface area contributed by atoms with Crippen LogP contribution in [-0.2, 0) is 30.4 Å². The van der Waals surface area contributed by atoms with Gasteiger partial charge in [0, 0.05) is 49.5 Å². The Morgan fingerprint density at radius 2 is 1.55 bits per heavy atom. The van der Waals surface area contributed by atoms with Gasteiger partial charge in [0.2, 0.25) is 29.5 Å². The number of fused-ring (bicyclic) bond motifs is 2. The molecule has 2 fully saturated rings. The van der Waals surface area contributed by atoms with E-state index in [4.69, 9.17) is 0 Å². The predicted octanol–water partition coefficient (Wildman–Crippen LogP) is 2.56. The summed E-state index contributed by atoms with van der Waals surface area (Å²) in [5.74, 6) is -2.67. The molecule has 5 N–H and O–H groups in total. The number of benzene rings is 3. The van der Waals surface area contributed by atoms with Crippen molar-refractivity contribution in [1.82, 2.24) is 30.7 Å². The number of H-pyrrole nitrogens is 1. The van der Waals surface area contributed by atoms with E-state index in [0.29, 0.717) is 5.56 Å². The van der Waals surface area contributed by atoms with E-state index in [2.05, 4.69) is 20.9 Å². The number of hydrogen-bond acceptors (Lipinski definition) is 6. The fraction of sp³-hybridized carbons (Fsp3) is 0.359. The molecule has 4 aromatic rings. The van der Waals surface area contributed by atoms with Crippen molar-refractivity contribution >= 4 is 40.4 Å². The monoisotopic (exact) mass is 692 g/mol. The fourth-order valence-electron chi connectivity index (χ4n) is 7.00. The lowest BCUT2D eigenvalue weighted by atomic mass is 9.97. The van der Waals surface area contributed by atoms with Crippen LogP contribution in [0.1, 0.15) is 55.3 Å². The van der Waals surface area contributed by atoms with Crippen LogP contribution in [-0.4, -0.2) is 93.3 Å². The van der Waals surface area contributed by atoms with Gasteiger partial charge in [-0.2, -0.15) is 0 Å². The Kier molecular flexibility index (Phi) is 10.8. The van der Waals surface area contributed by atoms with Gasteiger partial charge in [0.25, 0.3) is 0 Å². The largest absolute Gasteiger partial charge is 0.391 e. The maximum absolute atomic E-state index is 14.3. The first-order valence-corrected chi connectivity index (χ1v) is 17.4. The molecule has 51 heavy (non-hydrogen) atoms. The average Bonchev–Trinajstić information content (AvgIpc) is 3.73. The van der Waals surface area contributed by atoms with Crippen molar-refractivity contribution in [2.45, 2.75) is 69.3 Å². The van der Waals surface area contributed by atoms with Crippen molar-refractivity contribution in [2.75, 3.05) is 19.6 Å². The molecule has 6 rings (SSSR count). The molecule has 0 unspecified atom stereocenters. The molecule has 12 heteroatoms. The highest BCUT2D eigenvalue weighted by Crippen LogP contribution is 2.25. The molecule has 12 nitrogen and oxygen atoms in total. The maximum Gasteiger partial charge on any atom is 0.246 e. The van der Waals surface area contributed by atoms with Crippen LogP contribution in [0.4, 0.5) is 0 Å². The van der Waals surface area contributed by atoms with E-state index in [9.17, 15) is 29.1 Å². The van der Waals surface area contributed by atoms with Gasteiger partial charge in [-0.1, -0.05) is 85.8 Å². The van der Waals surface area contributed by atoms with Gasteiger partial charge >= 0.3 is 0 Å². The number of hydrogen-bond donors (Lipinski definition) is 5. The lowest BCUT2D eigenvalue weighted by Crippen LogP contribution is -2.56. The molecular weight excluding hydrogens is 648 g/mol. The first kappa shape index (κ1) is 35.3. The number of aromatic nitrogens is 1. The summed E-state index contributed by atoms with van der Waals surface area (Å²) >= 11 is 0. The summed E-state index contributed by atoms with van der Waals surface area (Å²) in [5.41, 5.74) is 3.32. The molecule has 2 aliphatic rings. The maximum atomic E-state index is 14.3. The molecule has 3 heterocycles.